The van der Waals surface area contributed by atoms with Crippen LogP contribution in [0.25, 0.3) is 10.9 Å². The molecule has 2 amide bonds. The molecule has 0 unspecified atom stereocenters. The van der Waals surface area contributed by atoms with Gasteiger partial charge in [0, 0.05) is 58.4 Å². The van der Waals surface area contributed by atoms with E-state index in [1.807, 2.05) is 29.2 Å². The van der Waals surface area contributed by atoms with Crippen molar-refractivity contribution in [3.8, 4) is 5.75 Å². The number of nitrogens with zero attached hydrogens (tertiary/aromatic N) is 3. The summed E-state index contributed by atoms with van der Waals surface area (Å²) in [6.07, 6.45) is 3.84. The normalized spacial score (nSPS) is 15.7. The molecule has 1 aliphatic rings. The number of ether oxygens (including phenoxy) is 2. The van der Waals surface area contributed by atoms with Gasteiger partial charge in [0.15, 0.2) is 6.61 Å². The maximum atomic E-state index is 14.0. The quantitative estimate of drug-likeness (QED) is 0.470. The van der Waals surface area contributed by atoms with Crippen LogP contribution in [-0.4, -0.2) is 85.8 Å². The van der Waals surface area contributed by atoms with Gasteiger partial charge in [0.05, 0.1) is 5.52 Å². The average Bonchev–Trinajstić information content (AvgIpc) is 3.20. The Balaban J connectivity index is 0.00000432. The Morgan fingerprint density at radius 2 is 2.00 bits per heavy atom. The van der Waals surface area contributed by atoms with Gasteiger partial charge in [-0.25, -0.2) is 0 Å². The minimum absolute atomic E-state index is 0. The maximum Gasteiger partial charge on any atom is 0.271 e. The lowest BCUT2D eigenvalue weighted by atomic mass is 10.0. The number of halogens is 1. The lowest BCUT2D eigenvalue weighted by Crippen LogP contribution is -2.52. The van der Waals surface area contributed by atoms with Gasteiger partial charge in [-0.05, 0) is 58.2 Å². The highest BCUT2D eigenvalue weighted by Crippen LogP contribution is 2.31. The lowest BCUT2D eigenvalue weighted by molar-refractivity contribution is -0.130. The molecule has 0 saturated carbocycles. The van der Waals surface area contributed by atoms with Crippen molar-refractivity contribution in [2.75, 3.05) is 47.5 Å². The van der Waals surface area contributed by atoms with Crippen LogP contribution in [0.15, 0.2) is 24.3 Å². The standard InChI is InChI=1S/C26H40N4O4.ClH/c1-19(2)30(21-11-9-13-27-17-21)26(32)22-16-20-10-8-12-23(34-18-24(31)28(3)4)25(20)29(22)14-6-7-15-33-5;/h8,10,12,16,19,21,27H,6-7,9,11,13-15,17-18H2,1-5H3;1H/t21-;/m1./s1. The summed E-state index contributed by atoms with van der Waals surface area (Å²) in [7, 11) is 5.12. The molecule has 196 valence electrons. The molecule has 9 heteroatoms. The number of benzene rings is 1. The molecule has 0 aliphatic carbocycles. The van der Waals surface area contributed by atoms with Gasteiger partial charge in [-0.15, -0.1) is 12.4 Å². The largest absolute Gasteiger partial charge is 0.482 e. The van der Waals surface area contributed by atoms with Crippen LogP contribution < -0.4 is 10.1 Å². The molecule has 1 fully saturated rings. The number of amides is 2. The third kappa shape index (κ3) is 7.12. The monoisotopic (exact) mass is 508 g/mol. The third-order valence-electron chi connectivity index (χ3n) is 6.39. The van der Waals surface area contributed by atoms with Crippen LogP contribution in [-0.2, 0) is 16.1 Å². The molecule has 0 bridgehead atoms. The van der Waals surface area contributed by atoms with Crippen LogP contribution in [0.3, 0.4) is 0 Å². The van der Waals surface area contributed by atoms with Crippen molar-refractivity contribution in [2.45, 2.75) is 58.2 Å². The van der Waals surface area contributed by atoms with E-state index >= 15 is 0 Å². The molecule has 35 heavy (non-hydrogen) atoms. The summed E-state index contributed by atoms with van der Waals surface area (Å²) >= 11 is 0. The Kier molecular flexibility index (Phi) is 11.3. The second kappa shape index (κ2) is 13.7. The topological polar surface area (TPSA) is 76.0 Å². The fourth-order valence-corrected chi connectivity index (χ4v) is 4.63. The van der Waals surface area contributed by atoms with Crippen molar-refractivity contribution in [3.63, 3.8) is 0 Å². The minimum atomic E-state index is -0.109. The highest BCUT2D eigenvalue weighted by atomic mass is 35.5. The SMILES string of the molecule is COCCCCn1c(C(=O)N(C(C)C)[C@@H]2CCCNC2)cc2cccc(OCC(=O)N(C)C)c21.Cl. The Hall–Kier alpha value is -2.29. The number of unbranched alkanes of at least 4 members (excludes halogenated alkanes) is 1. The van der Waals surface area contributed by atoms with Crippen LogP contribution in [0.2, 0.25) is 0 Å². The molecule has 8 nitrogen and oxygen atoms in total. The number of piperidine rings is 1. The van der Waals surface area contributed by atoms with Gasteiger partial charge < -0.3 is 29.2 Å². The Labute approximate surface area is 215 Å². The summed E-state index contributed by atoms with van der Waals surface area (Å²) < 4.78 is 13.3. The molecule has 2 heterocycles. The fraction of sp³-hybridized carbons (Fsp3) is 0.615. The highest BCUT2D eigenvalue weighted by molar-refractivity contribution is 6.00. The zero-order valence-electron chi connectivity index (χ0n) is 21.7. The summed E-state index contributed by atoms with van der Waals surface area (Å²) in [6.45, 7) is 7.29. The van der Waals surface area contributed by atoms with E-state index < -0.39 is 0 Å². The van der Waals surface area contributed by atoms with Gasteiger partial charge >= 0.3 is 0 Å². The van der Waals surface area contributed by atoms with Crippen molar-refractivity contribution in [2.24, 2.45) is 0 Å². The van der Waals surface area contributed by atoms with Gasteiger partial charge in [0.2, 0.25) is 0 Å². The summed E-state index contributed by atoms with van der Waals surface area (Å²) in [4.78, 5) is 29.7. The predicted molar refractivity (Wildman–Crippen MR) is 142 cm³/mol. The molecule has 2 aromatic rings. The van der Waals surface area contributed by atoms with E-state index in [1.165, 1.54) is 4.90 Å². The molecule has 1 N–H and O–H groups in total. The van der Waals surface area contributed by atoms with Gasteiger partial charge in [0.25, 0.3) is 11.8 Å². The second-order valence-corrected chi connectivity index (χ2v) is 9.46. The number of carbonyl (C=O) groups excluding carboxylic acids is 2. The van der Waals surface area contributed by atoms with Crippen molar-refractivity contribution < 1.29 is 19.1 Å². The van der Waals surface area contributed by atoms with E-state index in [9.17, 15) is 9.59 Å². The average molecular weight is 509 g/mol. The first kappa shape index (κ1) is 28.9. The smallest absolute Gasteiger partial charge is 0.271 e. The summed E-state index contributed by atoms with van der Waals surface area (Å²) in [5.74, 6) is 0.554. The van der Waals surface area contributed by atoms with Gasteiger partial charge in [0.1, 0.15) is 11.4 Å². The zero-order valence-corrected chi connectivity index (χ0v) is 22.5. The predicted octanol–water partition coefficient (Wildman–Crippen LogP) is 3.56. The maximum absolute atomic E-state index is 14.0. The van der Waals surface area contributed by atoms with E-state index in [4.69, 9.17) is 9.47 Å². The summed E-state index contributed by atoms with van der Waals surface area (Å²) in [5.41, 5.74) is 1.53. The molecule has 1 aromatic heterocycles. The molecule has 1 atom stereocenters. The third-order valence-corrected chi connectivity index (χ3v) is 6.39. The van der Waals surface area contributed by atoms with Crippen molar-refractivity contribution >= 4 is 35.1 Å². The molecule has 1 aromatic carbocycles. The number of hydrogen-bond acceptors (Lipinski definition) is 5. The number of rotatable bonds is 11. The first-order valence-electron chi connectivity index (χ1n) is 12.3. The van der Waals surface area contributed by atoms with E-state index in [1.54, 1.807) is 21.2 Å². The fourth-order valence-electron chi connectivity index (χ4n) is 4.63. The number of aryl methyl sites for hydroxylation is 1. The zero-order chi connectivity index (χ0) is 24.7. The molecular formula is C26H41ClN4O4. The van der Waals surface area contributed by atoms with Crippen molar-refractivity contribution in [1.82, 2.24) is 19.7 Å². The Morgan fingerprint density at radius 3 is 2.63 bits per heavy atom. The molecule has 1 aliphatic heterocycles. The van der Waals surface area contributed by atoms with Crippen LogP contribution in [0.4, 0.5) is 0 Å². The van der Waals surface area contributed by atoms with Gasteiger partial charge in [-0.2, -0.15) is 0 Å². The molecule has 3 rings (SSSR count). The Morgan fingerprint density at radius 1 is 1.23 bits per heavy atom. The van der Waals surface area contributed by atoms with Gasteiger partial charge in [-0.3, -0.25) is 9.59 Å². The molecular weight excluding hydrogens is 468 g/mol. The van der Waals surface area contributed by atoms with Crippen LogP contribution in [0.5, 0.6) is 5.75 Å². The number of para-hydroxylation sites is 1. The van der Waals surface area contributed by atoms with E-state index in [2.05, 4.69) is 23.7 Å². The molecule has 1 saturated heterocycles. The van der Waals surface area contributed by atoms with Crippen LogP contribution in [0, 0.1) is 0 Å². The number of likely N-dealkylation sites (N-methyl/N-ethyl adjacent to an activating group) is 1. The number of methoxy groups -OCH3 is 1. The van der Waals surface area contributed by atoms with E-state index in [-0.39, 0.29) is 42.9 Å². The molecule has 0 spiro atoms. The Bertz CT molecular complexity index is 970. The van der Waals surface area contributed by atoms with E-state index in [0.29, 0.717) is 24.6 Å². The van der Waals surface area contributed by atoms with E-state index in [0.717, 1.165) is 49.7 Å². The number of aromatic nitrogens is 1. The van der Waals surface area contributed by atoms with Crippen LogP contribution in [0.1, 0.15) is 50.0 Å². The van der Waals surface area contributed by atoms with Crippen LogP contribution >= 0.6 is 12.4 Å². The highest BCUT2D eigenvalue weighted by Gasteiger charge is 2.31. The van der Waals surface area contributed by atoms with Gasteiger partial charge in [-0.1, -0.05) is 12.1 Å². The lowest BCUT2D eigenvalue weighted by Gasteiger charge is -2.37. The van der Waals surface area contributed by atoms with Crippen molar-refractivity contribution in [3.05, 3.63) is 30.0 Å². The second-order valence-electron chi connectivity index (χ2n) is 9.46. The number of carbonyl (C=O) groups is 2. The number of fused-ring (bicyclic) bond motifs is 1. The minimum Gasteiger partial charge on any atom is -0.482 e. The first-order valence-corrected chi connectivity index (χ1v) is 12.3. The molecule has 0 radical (unpaired) electrons. The first-order chi connectivity index (χ1) is 16.3. The summed E-state index contributed by atoms with van der Waals surface area (Å²) in [6, 6.07) is 8.02. The summed E-state index contributed by atoms with van der Waals surface area (Å²) in [5, 5.41) is 4.38. The number of hydrogen-bond donors (Lipinski definition) is 1. The number of nitrogens with one attached hydrogen (secondary N) is 1. The van der Waals surface area contributed by atoms with Crippen molar-refractivity contribution in [1.29, 1.82) is 0 Å².